The van der Waals surface area contributed by atoms with Crippen molar-refractivity contribution in [2.24, 2.45) is 0 Å². The lowest BCUT2D eigenvalue weighted by molar-refractivity contribution is 0.427. The highest BCUT2D eigenvalue weighted by Gasteiger charge is 2.20. The molecule has 0 aliphatic carbocycles. The molecule has 2 N–H and O–H groups in total. The Labute approximate surface area is 91.3 Å². The van der Waals surface area contributed by atoms with Crippen LogP contribution in [0, 0.1) is 0 Å². The van der Waals surface area contributed by atoms with Crippen LogP contribution < -0.4 is 10.0 Å². The smallest absolute Gasteiger partial charge is 0.209 e. The lowest BCUT2D eigenvalue weighted by Gasteiger charge is -2.25. The maximum Gasteiger partial charge on any atom is 0.209 e. The van der Waals surface area contributed by atoms with Gasteiger partial charge in [0.25, 0.3) is 0 Å². The number of hydrogen-bond donors (Lipinski definition) is 2. The van der Waals surface area contributed by atoms with E-state index < -0.39 is 15.6 Å². The van der Waals surface area contributed by atoms with Gasteiger partial charge in [-0.1, -0.05) is 0 Å². The molecule has 0 radical (unpaired) electrons. The predicted octanol–water partition coefficient (Wildman–Crippen LogP) is 0.267. The van der Waals surface area contributed by atoms with Crippen LogP contribution in [-0.2, 0) is 10.0 Å². The first-order chi connectivity index (χ1) is 6.27. The molecule has 0 spiro atoms. The summed E-state index contributed by atoms with van der Waals surface area (Å²) in [6, 6.07) is 0. The van der Waals surface area contributed by atoms with E-state index in [1.54, 1.807) is 11.8 Å². The van der Waals surface area contributed by atoms with Crippen LogP contribution in [0.5, 0.6) is 0 Å². The van der Waals surface area contributed by atoms with Crippen molar-refractivity contribution in [1.82, 2.24) is 10.0 Å². The highest BCUT2D eigenvalue weighted by Crippen LogP contribution is 2.01. The van der Waals surface area contributed by atoms with Crippen LogP contribution in [0.2, 0.25) is 0 Å². The Morgan fingerprint density at radius 2 is 1.93 bits per heavy atom. The zero-order chi connectivity index (χ0) is 11.2. The van der Waals surface area contributed by atoms with Gasteiger partial charge in [-0.05, 0) is 20.1 Å². The molecule has 0 fully saturated rings. The number of sulfonamides is 1. The second-order valence-corrected chi connectivity index (χ2v) is 6.66. The van der Waals surface area contributed by atoms with Crippen molar-refractivity contribution >= 4 is 21.8 Å². The minimum Gasteiger partial charge on any atom is -0.314 e. The Morgan fingerprint density at radius 3 is 2.36 bits per heavy atom. The minimum absolute atomic E-state index is 0.425. The van der Waals surface area contributed by atoms with E-state index in [0.717, 1.165) is 12.3 Å². The second-order valence-electron chi connectivity index (χ2n) is 3.93. The Balaban J connectivity index is 3.84. The second kappa shape index (κ2) is 5.95. The molecule has 0 heterocycles. The standard InChI is InChI=1S/C8H20N2O2S2/c1-8(2,10-14(4,11)12)7-9-5-6-13-3/h9-10H,5-7H2,1-4H3. The molecule has 0 aliphatic rings. The summed E-state index contributed by atoms with van der Waals surface area (Å²) in [7, 11) is -3.12. The summed E-state index contributed by atoms with van der Waals surface area (Å²) in [6.45, 7) is 5.26. The summed E-state index contributed by atoms with van der Waals surface area (Å²) in [4.78, 5) is 0. The normalized spacial score (nSPS) is 13.1. The van der Waals surface area contributed by atoms with Crippen molar-refractivity contribution in [1.29, 1.82) is 0 Å². The van der Waals surface area contributed by atoms with Crippen molar-refractivity contribution < 1.29 is 8.42 Å². The highest BCUT2D eigenvalue weighted by atomic mass is 32.2. The largest absolute Gasteiger partial charge is 0.314 e. The van der Waals surface area contributed by atoms with Gasteiger partial charge in [-0.25, -0.2) is 13.1 Å². The van der Waals surface area contributed by atoms with Gasteiger partial charge in [0, 0.05) is 24.4 Å². The average Bonchev–Trinajstić information content (AvgIpc) is 1.93. The topological polar surface area (TPSA) is 58.2 Å². The first-order valence-corrected chi connectivity index (χ1v) is 7.74. The fraction of sp³-hybridized carbons (Fsp3) is 1.00. The Kier molecular flexibility index (Phi) is 6.04. The van der Waals surface area contributed by atoms with Crippen molar-refractivity contribution in [3.05, 3.63) is 0 Å². The molecule has 0 rings (SSSR count). The summed E-state index contributed by atoms with van der Waals surface area (Å²) in [5.41, 5.74) is -0.425. The monoisotopic (exact) mass is 240 g/mol. The first kappa shape index (κ1) is 14.2. The molecule has 0 aliphatic heterocycles. The van der Waals surface area contributed by atoms with Crippen molar-refractivity contribution in [3.8, 4) is 0 Å². The zero-order valence-corrected chi connectivity index (χ0v) is 10.9. The zero-order valence-electron chi connectivity index (χ0n) is 9.25. The Morgan fingerprint density at radius 1 is 1.36 bits per heavy atom. The molecule has 0 bridgehead atoms. The summed E-state index contributed by atoms with van der Waals surface area (Å²) in [5, 5.41) is 3.20. The molecule has 0 aromatic rings. The molecule has 0 amide bonds. The SMILES string of the molecule is CSCCNCC(C)(C)NS(C)(=O)=O. The third kappa shape index (κ3) is 8.80. The lowest BCUT2D eigenvalue weighted by Crippen LogP contribution is -2.50. The summed E-state index contributed by atoms with van der Waals surface area (Å²) in [6.07, 6.45) is 3.22. The predicted molar refractivity (Wildman–Crippen MR) is 63.3 cm³/mol. The van der Waals surface area contributed by atoms with Crippen LogP contribution >= 0.6 is 11.8 Å². The van der Waals surface area contributed by atoms with E-state index in [9.17, 15) is 8.42 Å². The average molecular weight is 240 g/mol. The quantitative estimate of drug-likeness (QED) is 0.627. The summed E-state index contributed by atoms with van der Waals surface area (Å²) >= 11 is 1.76. The maximum atomic E-state index is 11.0. The van der Waals surface area contributed by atoms with E-state index >= 15 is 0 Å². The number of thioether (sulfide) groups is 1. The van der Waals surface area contributed by atoms with E-state index in [4.69, 9.17) is 0 Å². The van der Waals surface area contributed by atoms with Gasteiger partial charge in [0.15, 0.2) is 0 Å². The minimum atomic E-state index is -3.12. The molecule has 0 atom stereocenters. The van der Waals surface area contributed by atoms with Crippen molar-refractivity contribution in [2.75, 3.05) is 31.4 Å². The van der Waals surface area contributed by atoms with Gasteiger partial charge in [-0.15, -0.1) is 0 Å². The molecule has 0 unspecified atom stereocenters. The van der Waals surface area contributed by atoms with Crippen LogP contribution in [0.1, 0.15) is 13.8 Å². The molecule has 0 aromatic heterocycles. The Bertz CT molecular complexity index is 250. The van der Waals surface area contributed by atoms with E-state index in [1.165, 1.54) is 6.26 Å². The number of nitrogens with one attached hydrogen (secondary N) is 2. The van der Waals surface area contributed by atoms with Crippen LogP contribution in [0.15, 0.2) is 0 Å². The molecule has 6 heteroatoms. The molecule has 0 saturated carbocycles. The van der Waals surface area contributed by atoms with Gasteiger partial charge < -0.3 is 5.32 Å². The molecule has 0 aromatic carbocycles. The maximum absolute atomic E-state index is 11.0. The van der Waals surface area contributed by atoms with Crippen LogP contribution in [0.25, 0.3) is 0 Å². The van der Waals surface area contributed by atoms with Gasteiger partial charge >= 0.3 is 0 Å². The van der Waals surface area contributed by atoms with E-state index in [1.807, 2.05) is 20.1 Å². The summed E-state index contributed by atoms with van der Waals surface area (Å²) < 4.78 is 24.6. The van der Waals surface area contributed by atoms with E-state index in [0.29, 0.717) is 6.54 Å². The third-order valence-corrected chi connectivity index (χ3v) is 3.05. The fourth-order valence-electron chi connectivity index (χ4n) is 1.11. The van der Waals surface area contributed by atoms with Gasteiger partial charge in [-0.3, -0.25) is 0 Å². The van der Waals surface area contributed by atoms with E-state index in [2.05, 4.69) is 10.0 Å². The van der Waals surface area contributed by atoms with Gasteiger partial charge in [-0.2, -0.15) is 11.8 Å². The van der Waals surface area contributed by atoms with Crippen LogP contribution in [0.4, 0.5) is 0 Å². The molecule has 0 saturated heterocycles. The van der Waals surface area contributed by atoms with Gasteiger partial charge in [0.2, 0.25) is 10.0 Å². The van der Waals surface area contributed by atoms with Crippen molar-refractivity contribution in [3.63, 3.8) is 0 Å². The fourth-order valence-corrected chi connectivity index (χ4v) is 2.54. The number of hydrogen-bond acceptors (Lipinski definition) is 4. The third-order valence-electron chi connectivity index (χ3n) is 1.51. The Hall–Kier alpha value is 0.220. The lowest BCUT2D eigenvalue weighted by atomic mass is 10.1. The van der Waals surface area contributed by atoms with Crippen LogP contribution in [-0.4, -0.2) is 45.3 Å². The first-order valence-electron chi connectivity index (χ1n) is 4.45. The van der Waals surface area contributed by atoms with E-state index in [-0.39, 0.29) is 0 Å². The van der Waals surface area contributed by atoms with Crippen LogP contribution in [0.3, 0.4) is 0 Å². The molecule has 86 valence electrons. The van der Waals surface area contributed by atoms with Crippen molar-refractivity contribution in [2.45, 2.75) is 19.4 Å². The molecule has 4 nitrogen and oxygen atoms in total. The van der Waals surface area contributed by atoms with Gasteiger partial charge in [0.05, 0.1) is 6.26 Å². The number of rotatable bonds is 7. The highest BCUT2D eigenvalue weighted by molar-refractivity contribution is 7.98. The molecule has 14 heavy (non-hydrogen) atoms. The van der Waals surface area contributed by atoms with Gasteiger partial charge in [0.1, 0.15) is 0 Å². The molecular weight excluding hydrogens is 220 g/mol. The summed E-state index contributed by atoms with van der Waals surface area (Å²) in [5.74, 6) is 1.04. The molecular formula is C8H20N2O2S2.